The molecule has 5 nitrogen and oxygen atoms in total. The molecule has 0 fully saturated rings. The first kappa shape index (κ1) is 9.64. The maximum Gasteiger partial charge on any atom is 0.336 e. The van der Waals surface area contributed by atoms with E-state index >= 15 is 0 Å². The van der Waals surface area contributed by atoms with Gasteiger partial charge in [0.25, 0.3) is 0 Å². The van der Waals surface area contributed by atoms with Crippen LogP contribution in [-0.2, 0) is 14.3 Å². The molecule has 0 aliphatic rings. The zero-order valence-corrected chi connectivity index (χ0v) is 6.03. The van der Waals surface area contributed by atoms with Gasteiger partial charge in [-0.3, -0.25) is 4.79 Å². The largest absolute Gasteiger partial charge is 0.432 e. The van der Waals surface area contributed by atoms with E-state index < -0.39 is 18.5 Å². The summed E-state index contributed by atoms with van der Waals surface area (Å²) in [5.74, 6) is -1.50. The van der Waals surface area contributed by atoms with Gasteiger partial charge >= 0.3 is 5.97 Å². The molecule has 0 spiro atoms. The minimum atomic E-state index is -0.828. The molecule has 1 amide bonds. The Morgan fingerprint density at radius 3 is 2.55 bits per heavy atom. The average molecular weight is 159 g/mol. The van der Waals surface area contributed by atoms with Crippen LogP contribution in [0.15, 0.2) is 11.8 Å². The van der Waals surface area contributed by atoms with E-state index in [9.17, 15) is 9.59 Å². The number of ether oxygens (including phenoxy) is 1. The molecule has 0 saturated carbocycles. The summed E-state index contributed by atoms with van der Waals surface area (Å²) < 4.78 is 4.26. The normalized spacial score (nSPS) is 10.9. The fraction of sp³-hybridized carbons (Fsp3) is 0.333. The van der Waals surface area contributed by atoms with Crippen LogP contribution in [0.4, 0.5) is 0 Å². The molecule has 0 saturated heterocycles. The molecule has 0 heterocycles. The Kier molecular flexibility index (Phi) is 3.90. The first-order valence-corrected chi connectivity index (χ1v) is 2.85. The van der Waals surface area contributed by atoms with Crippen molar-refractivity contribution in [1.29, 1.82) is 0 Å². The van der Waals surface area contributed by atoms with Crippen molar-refractivity contribution in [2.45, 2.75) is 6.92 Å². The number of aliphatic hydroxyl groups is 1. The van der Waals surface area contributed by atoms with Gasteiger partial charge in [-0.05, 0) is 6.92 Å². The van der Waals surface area contributed by atoms with Crippen molar-refractivity contribution in [2.24, 2.45) is 5.73 Å². The smallest absolute Gasteiger partial charge is 0.336 e. The third-order valence-corrected chi connectivity index (χ3v) is 0.885. The van der Waals surface area contributed by atoms with Crippen LogP contribution in [0.25, 0.3) is 0 Å². The van der Waals surface area contributed by atoms with Gasteiger partial charge in [-0.2, -0.15) is 0 Å². The van der Waals surface area contributed by atoms with Crippen LogP contribution in [-0.4, -0.2) is 23.6 Å². The molecule has 11 heavy (non-hydrogen) atoms. The van der Waals surface area contributed by atoms with Crippen molar-refractivity contribution in [2.75, 3.05) is 6.61 Å². The number of carbonyl (C=O) groups excluding carboxylic acids is 2. The lowest BCUT2D eigenvalue weighted by Crippen LogP contribution is -2.13. The van der Waals surface area contributed by atoms with Gasteiger partial charge in [-0.15, -0.1) is 0 Å². The van der Waals surface area contributed by atoms with E-state index in [0.717, 1.165) is 6.26 Å². The summed E-state index contributed by atoms with van der Waals surface area (Å²) in [5, 5.41) is 8.17. The van der Waals surface area contributed by atoms with E-state index in [2.05, 4.69) is 4.74 Å². The van der Waals surface area contributed by atoms with Crippen LogP contribution in [0.3, 0.4) is 0 Å². The van der Waals surface area contributed by atoms with Gasteiger partial charge in [0.05, 0.1) is 0 Å². The van der Waals surface area contributed by atoms with E-state index in [1.807, 2.05) is 0 Å². The molecule has 0 rings (SSSR count). The maximum atomic E-state index is 10.3. The van der Waals surface area contributed by atoms with Crippen molar-refractivity contribution in [3.8, 4) is 0 Å². The minimum absolute atomic E-state index is 0.117. The number of hydrogen-bond donors (Lipinski definition) is 2. The highest BCUT2D eigenvalue weighted by Gasteiger charge is 2.00. The second-order valence-corrected chi connectivity index (χ2v) is 1.81. The molecule has 0 atom stereocenters. The predicted octanol–water partition coefficient (Wildman–Crippen LogP) is -1.09. The van der Waals surface area contributed by atoms with Crippen LogP contribution in [0.1, 0.15) is 6.92 Å². The minimum Gasteiger partial charge on any atom is -0.432 e. The second-order valence-electron chi connectivity index (χ2n) is 1.81. The van der Waals surface area contributed by atoms with E-state index in [-0.39, 0.29) is 5.57 Å². The van der Waals surface area contributed by atoms with Crippen molar-refractivity contribution in [3.05, 3.63) is 11.8 Å². The quantitative estimate of drug-likeness (QED) is 0.311. The van der Waals surface area contributed by atoms with Crippen molar-refractivity contribution in [3.63, 3.8) is 0 Å². The number of esters is 1. The summed E-state index contributed by atoms with van der Waals surface area (Å²) in [4.78, 5) is 20.6. The molecule has 0 aliphatic carbocycles. The molecule has 0 aromatic carbocycles. The number of hydrogen-bond acceptors (Lipinski definition) is 4. The van der Waals surface area contributed by atoms with Gasteiger partial charge in [-0.1, -0.05) is 0 Å². The fourth-order valence-electron chi connectivity index (χ4n) is 0.249. The first-order valence-electron chi connectivity index (χ1n) is 2.85. The maximum absolute atomic E-state index is 10.3. The van der Waals surface area contributed by atoms with Crippen LogP contribution < -0.4 is 5.73 Å². The summed E-state index contributed by atoms with van der Waals surface area (Å²) in [6.07, 6.45) is 0.904. The van der Waals surface area contributed by atoms with Crippen molar-refractivity contribution >= 4 is 11.9 Å². The third-order valence-electron chi connectivity index (χ3n) is 0.885. The molecule has 0 radical (unpaired) electrons. The van der Waals surface area contributed by atoms with Crippen molar-refractivity contribution < 1.29 is 19.4 Å². The van der Waals surface area contributed by atoms with Gasteiger partial charge in [0.15, 0.2) is 0 Å². The lowest BCUT2D eigenvalue weighted by atomic mass is 10.3. The molecule has 0 aliphatic heterocycles. The molecule has 0 aromatic heterocycles. The summed E-state index contributed by atoms with van der Waals surface area (Å²) >= 11 is 0. The summed E-state index contributed by atoms with van der Waals surface area (Å²) in [6, 6.07) is 0. The highest BCUT2D eigenvalue weighted by Crippen LogP contribution is 1.90. The lowest BCUT2D eigenvalue weighted by Gasteiger charge is -1.95. The number of carbonyl (C=O) groups is 2. The highest BCUT2D eigenvalue weighted by molar-refractivity contribution is 5.91. The van der Waals surface area contributed by atoms with Crippen molar-refractivity contribution in [1.82, 2.24) is 0 Å². The Morgan fingerprint density at radius 1 is 1.64 bits per heavy atom. The molecular formula is C6H9NO4. The second kappa shape index (κ2) is 4.45. The monoisotopic (exact) mass is 159 g/mol. The molecule has 3 N–H and O–H groups in total. The number of amides is 1. The fourth-order valence-corrected chi connectivity index (χ4v) is 0.249. The molecule has 0 aromatic rings. The van der Waals surface area contributed by atoms with E-state index in [4.69, 9.17) is 10.8 Å². The van der Waals surface area contributed by atoms with Gasteiger partial charge < -0.3 is 15.6 Å². The van der Waals surface area contributed by atoms with Gasteiger partial charge in [0.2, 0.25) is 5.91 Å². The Bertz CT molecular complexity index is 197. The SMILES string of the molecule is C/C(=C\OC(=O)CO)C(N)=O. The Morgan fingerprint density at radius 2 is 2.18 bits per heavy atom. The summed E-state index contributed by atoms with van der Waals surface area (Å²) in [6.45, 7) is 0.676. The van der Waals surface area contributed by atoms with Crippen LogP contribution in [0.2, 0.25) is 0 Å². The van der Waals surface area contributed by atoms with Gasteiger partial charge in [-0.25, -0.2) is 4.79 Å². The Hall–Kier alpha value is -1.36. The molecular weight excluding hydrogens is 150 g/mol. The van der Waals surface area contributed by atoms with Crippen LogP contribution >= 0.6 is 0 Å². The molecule has 62 valence electrons. The van der Waals surface area contributed by atoms with Crippen LogP contribution in [0, 0.1) is 0 Å². The highest BCUT2D eigenvalue weighted by atomic mass is 16.5. The zero-order valence-electron chi connectivity index (χ0n) is 6.03. The zero-order chi connectivity index (χ0) is 8.85. The Labute approximate surface area is 63.4 Å². The summed E-state index contributed by atoms with van der Waals surface area (Å²) in [5.41, 5.74) is 4.92. The molecule has 5 heteroatoms. The number of primary amides is 1. The first-order chi connectivity index (χ1) is 5.07. The van der Waals surface area contributed by atoms with E-state index in [1.165, 1.54) is 6.92 Å². The van der Waals surface area contributed by atoms with Crippen LogP contribution in [0.5, 0.6) is 0 Å². The summed E-state index contributed by atoms with van der Waals surface area (Å²) in [7, 11) is 0. The molecule has 0 unspecified atom stereocenters. The standard InChI is InChI=1S/C6H9NO4/c1-4(6(7)10)3-11-5(9)2-8/h3,8H,2H2,1H3,(H2,7,10)/b4-3+. The van der Waals surface area contributed by atoms with Gasteiger partial charge in [0, 0.05) is 5.57 Å². The number of nitrogens with two attached hydrogens (primary N) is 1. The van der Waals surface area contributed by atoms with E-state index in [0.29, 0.717) is 0 Å². The third kappa shape index (κ3) is 4.10. The molecule has 0 bridgehead atoms. The predicted molar refractivity (Wildman–Crippen MR) is 36.1 cm³/mol. The lowest BCUT2D eigenvalue weighted by molar-refractivity contribution is -0.141. The van der Waals surface area contributed by atoms with E-state index in [1.54, 1.807) is 0 Å². The number of rotatable bonds is 3. The Balaban J connectivity index is 3.92. The average Bonchev–Trinajstić information content (AvgIpc) is 1.99. The topological polar surface area (TPSA) is 89.6 Å². The van der Waals surface area contributed by atoms with Gasteiger partial charge in [0.1, 0.15) is 12.9 Å². The number of aliphatic hydroxyl groups excluding tert-OH is 1.